The largest absolute Gasteiger partial charge is 0.508 e. The van der Waals surface area contributed by atoms with Gasteiger partial charge in [-0.25, -0.2) is 4.98 Å². The lowest BCUT2D eigenvalue weighted by atomic mass is 9.95. The second kappa shape index (κ2) is 13.2. The summed E-state index contributed by atoms with van der Waals surface area (Å²) in [5.74, 6) is 0.121. The van der Waals surface area contributed by atoms with E-state index in [9.17, 15) is 14.7 Å². The summed E-state index contributed by atoms with van der Waals surface area (Å²) in [4.78, 5) is 32.7. The Morgan fingerprint density at radius 2 is 1.96 bits per heavy atom. The Balaban J connectivity index is 1.03. The van der Waals surface area contributed by atoms with Crippen molar-refractivity contribution in [3.8, 4) is 5.75 Å². The number of hydrogen-bond acceptors (Lipinski definition) is 5. The summed E-state index contributed by atoms with van der Waals surface area (Å²) in [5, 5.41) is 22.1. The van der Waals surface area contributed by atoms with E-state index in [1.165, 1.54) is 5.39 Å². The first kappa shape index (κ1) is 30.3. The molecule has 0 radical (unpaired) electrons. The lowest BCUT2D eigenvalue weighted by Gasteiger charge is -2.15. The Morgan fingerprint density at radius 3 is 2.85 bits per heavy atom. The van der Waals surface area contributed by atoms with Crippen molar-refractivity contribution >= 4 is 33.6 Å². The minimum atomic E-state index is -0.354. The monoisotopic (exact) mass is 629 g/mol. The Hall–Kier alpha value is -5.35. The van der Waals surface area contributed by atoms with Crippen LogP contribution in [0.3, 0.4) is 0 Å². The number of H-pyrrole nitrogens is 1. The van der Waals surface area contributed by atoms with E-state index in [0.717, 1.165) is 63.9 Å². The van der Waals surface area contributed by atoms with Gasteiger partial charge in [0.2, 0.25) is 5.91 Å². The molecule has 5 N–H and O–H groups in total. The molecule has 3 aromatic carbocycles. The summed E-state index contributed by atoms with van der Waals surface area (Å²) in [5.41, 5.74) is 7.68. The summed E-state index contributed by atoms with van der Waals surface area (Å²) in [6.45, 7) is 5.39. The molecule has 0 aliphatic carbocycles. The fourth-order valence-electron chi connectivity index (χ4n) is 6.60. The molecule has 6 aromatic rings. The standard InChI is InChI=1S/C37H39N7O3/c1-2-6-34(46)39-14-5-15-43-21-26(40-23-43)22-44-16-13-25-10-9-24(17-33(25)44)19-38-20-32-35(29-7-3-4-8-31(29)41-32)36-30-18-27(45)11-12-28(30)37(47)42-36/h3-4,7-13,16-18,21,23,36,38,41,45H,2,5-6,14-15,19-20,22H2,1H3,(H,39,46)(H,42,47). The number of aryl methyl sites for hydroxylation is 1. The first-order valence-electron chi connectivity index (χ1n) is 16.3. The number of aromatic amines is 1. The zero-order valence-electron chi connectivity index (χ0n) is 26.4. The molecule has 1 aliphatic rings. The number of aromatic nitrogens is 4. The van der Waals surface area contributed by atoms with Crippen LogP contribution >= 0.6 is 0 Å². The van der Waals surface area contributed by atoms with E-state index in [2.05, 4.69) is 77.8 Å². The molecular weight excluding hydrogens is 590 g/mol. The third-order valence-electron chi connectivity index (χ3n) is 8.86. The van der Waals surface area contributed by atoms with Gasteiger partial charge < -0.3 is 35.2 Å². The van der Waals surface area contributed by atoms with Crippen molar-refractivity contribution in [2.75, 3.05) is 6.54 Å². The first-order valence-corrected chi connectivity index (χ1v) is 16.3. The number of nitrogens with zero attached hydrogens (tertiary/aromatic N) is 3. The predicted octanol–water partition coefficient (Wildman–Crippen LogP) is 5.50. The van der Waals surface area contributed by atoms with Crippen LogP contribution in [-0.4, -0.2) is 42.6 Å². The van der Waals surface area contributed by atoms with E-state index in [-0.39, 0.29) is 23.6 Å². The first-order chi connectivity index (χ1) is 23.0. The van der Waals surface area contributed by atoms with E-state index in [4.69, 9.17) is 0 Å². The Kier molecular flexibility index (Phi) is 8.50. The highest BCUT2D eigenvalue weighted by atomic mass is 16.3. The molecule has 0 bridgehead atoms. The van der Waals surface area contributed by atoms with E-state index in [0.29, 0.717) is 38.2 Å². The average molecular weight is 630 g/mol. The number of hydrogen-bond donors (Lipinski definition) is 5. The van der Waals surface area contributed by atoms with Crippen LogP contribution in [0.5, 0.6) is 5.75 Å². The number of phenolic OH excluding ortho intramolecular Hbond substituents is 1. The highest BCUT2D eigenvalue weighted by Gasteiger charge is 2.33. The third kappa shape index (κ3) is 6.37. The van der Waals surface area contributed by atoms with Gasteiger partial charge in [0.15, 0.2) is 0 Å². The number of para-hydroxylation sites is 1. The fraction of sp³-hybridized carbons (Fsp3) is 0.270. The number of nitrogens with one attached hydrogen (secondary N) is 4. The lowest BCUT2D eigenvalue weighted by molar-refractivity contribution is -0.121. The Labute approximate surface area is 272 Å². The number of fused-ring (bicyclic) bond motifs is 3. The minimum Gasteiger partial charge on any atom is -0.508 e. The summed E-state index contributed by atoms with van der Waals surface area (Å²) in [6, 6.07) is 21.3. The molecule has 4 heterocycles. The van der Waals surface area contributed by atoms with E-state index in [1.807, 2.05) is 31.5 Å². The van der Waals surface area contributed by atoms with Crippen LogP contribution in [-0.2, 0) is 31.0 Å². The molecule has 10 nitrogen and oxygen atoms in total. The van der Waals surface area contributed by atoms with Crippen molar-refractivity contribution in [1.29, 1.82) is 0 Å². The maximum atomic E-state index is 12.8. The van der Waals surface area contributed by atoms with Crippen LogP contribution in [0.1, 0.15) is 70.7 Å². The average Bonchev–Trinajstić information content (AvgIpc) is 3.84. The second-order valence-corrected chi connectivity index (χ2v) is 12.2. The van der Waals surface area contributed by atoms with Crippen LogP contribution in [0.25, 0.3) is 21.8 Å². The molecule has 7 rings (SSSR count). The van der Waals surface area contributed by atoms with Gasteiger partial charge in [-0.3, -0.25) is 9.59 Å². The second-order valence-electron chi connectivity index (χ2n) is 12.2. The van der Waals surface area contributed by atoms with E-state index >= 15 is 0 Å². The molecule has 3 aromatic heterocycles. The quantitative estimate of drug-likeness (QED) is 0.108. The minimum absolute atomic E-state index is 0.114. The number of imidazole rings is 1. The summed E-state index contributed by atoms with van der Waals surface area (Å²) < 4.78 is 4.31. The third-order valence-corrected chi connectivity index (χ3v) is 8.86. The molecule has 10 heteroatoms. The van der Waals surface area contributed by atoms with Crippen molar-refractivity contribution in [2.24, 2.45) is 0 Å². The lowest BCUT2D eigenvalue weighted by Crippen LogP contribution is -2.24. The molecule has 240 valence electrons. The maximum Gasteiger partial charge on any atom is 0.252 e. The van der Waals surface area contributed by atoms with Crippen molar-refractivity contribution in [3.63, 3.8) is 0 Å². The summed E-state index contributed by atoms with van der Waals surface area (Å²) in [6.07, 6.45) is 8.34. The molecule has 1 atom stereocenters. The number of benzene rings is 3. The molecule has 1 aliphatic heterocycles. The van der Waals surface area contributed by atoms with Gasteiger partial charge in [-0.2, -0.15) is 0 Å². The van der Waals surface area contributed by atoms with Gasteiger partial charge in [-0.1, -0.05) is 37.3 Å². The molecular formula is C37H39N7O3. The smallest absolute Gasteiger partial charge is 0.252 e. The molecule has 47 heavy (non-hydrogen) atoms. The van der Waals surface area contributed by atoms with Gasteiger partial charge in [0.05, 0.1) is 24.6 Å². The normalized spacial score (nSPS) is 14.1. The predicted molar refractivity (Wildman–Crippen MR) is 182 cm³/mol. The van der Waals surface area contributed by atoms with E-state index in [1.54, 1.807) is 18.2 Å². The van der Waals surface area contributed by atoms with Crippen LogP contribution in [0.4, 0.5) is 0 Å². The van der Waals surface area contributed by atoms with Crippen LogP contribution in [0, 0.1) is 0 Å². The van der Waals surface area contributed by atoms with Crippen molar-refractivity contribution in [1.82, 2.24) is 35.1 Å². The zero-order valence-corrected chi connectivity index (χ0v) is 26.4. The highest BCUT2D eigenvalue weighted by molar-refractivity contribution is 6.01. The summed E-state index contributed by atoms with van der Waals surface area (Å²) in [7, 11) is 0. The van der Waals surface area contributed by atoms with Crippen molar-refractivity contribution < 1.29 is 14.7 Å². The van der Waals surface area contributed by atoms with Gasteiger partial charge >= 0.3 is 0 Å². The number of amides is 2. The van der Waals surface area contributed by atoms with Crippen LogP contribution < -0.4 is 16.0 Å². The molecule has 0 saturated carbocycles. The number of aromatic hydroxyl groups is 1. The number of carbonyl (C=O) groups excluding carboxylic acids is 2. The van der Waals surface area contributed by atoms with Crippen molar-refractivity contribution in [3.05, 3.63) is 119 Å². The van der Waals surface area contributed by atoms with Crippen LogP contribution in [0.2, 0.25) is 0 Å². The number of phenols is 1. The van der Waals surface area contributed by atoms with Crippen LogP contribution in [0.15, 0.2) is 85.5 Å². The molecule has 1 unspecified atom stereocenters. The van der Waals surface area contributed by atoms with Gasteiger partial charge in [0.1, 0.15) is 5.75 Å². The Morgan fingerprint density at radius 1 is 1.06 bits per heavy atom. The number of carbonyl (C=O) groups is 2. The van der Waals surface area contributed by atoms with Crippen molar-refractivity contribution in [2.45, 2.75) is 58.4 Å². The number of rotatable bonds is 13. The topological polar surface area (TPSA) is 129 Å². The SMILES string of the molecule is CCCC(=O)NCCCn1cnc(Cn2ccc3ccc(CNCc4[nH]c5ccccc5c4C4NC(=O)c5ccc(O)cc54)cc32)c1. The summed E-state index contributed by atoms with van der Waals surface area (Å²) >= 11 is 0. The van der Waals surface area contributed by atoms with Gasteiger partial charge in [0, 0.05) is 78.2 Å². The Bertz CT molecular complexity index is 2070. The molecule has 0 spiro atoms. The maximum absolute atomic E-state index is 12.8. The molecule has 0 fully saturated rings. The van der Waals surface area contributed by atoms with Gasteiger partial charge in [-0.05, 0) is 65.8 Å². The highest BCUT2D eigenvalue weighted by Crippen LogP contribution is 2.38. The fourth-order valence-corrected chi connectivity index (χ4v) is 6.60. The zero-order chi connectivity index (χ0) is 32.3. The van der Waals surface area contributed by atoms with Gasteiger partial charge in [0.25, 0.3) is 5.91 Å². The molecule has 2 amide bonds. The molecule has 0 saturated heterocycles. The van der Waals surface area contributed by atoms with Gasteiger partial charge in [-0.15, -0.1) is 0 Å². The van der Waals surface area contributed by atoms with E-state index < -0.39 is 0 Å².